The molecule has 0 saturated carbocycles. The third kappa shape index (κ3) is 5.10. The van der Waals surface area contributed by atoms with Crippen LogP contribution in [0.4, 0.5) is 0 Å². The lowest BCUT2D eigenvalue weighted by Gasteiger charge is -2.18. The number of hydrogen-bond acceptors (Lipinski definition) is 5. The molecule has 0 unspecified atom stereocenters. The third-order valence-electron chi connectivity index (χ3n) is 7.01. The highest BCUT2D eigenvalue weighted by molar-refractivity contribution is 6.07. The summed E-state index contributed by atoms with van der Waals surface area (Å²) in [5, 5.41) is 0.799. The van der Waals surface area contributed by atoms with E-state index in [0.29, 0.717) is 11.1 Å². The molecule has 38 heavy (non-hydrogen) atoms. The first-order valence-electron chi connectivity index (χ1n) is 12.8. The van der Waals surface area contributed by atoms with Crippen molar-refractivity contribution in [1.82, 2.24) is 4.98 Å². The maximum atomic E-state index is 13.5. The van der Waals surface area contributed by atoms with E-state index in [1.807, 2.05) is 24.3 Å². The molecule has 0 spiro atoms. The molecule has 0 bridgehead atoms. The third-order valence-corrected chi connectivity index (χ3v) is 7.01. The fourth-order valence-corrected chi connectivity index (χ4v) is 4.87. The molecule has 0 saturated heterocycles. The number of carbonyl (C=O) groups is 2. The number of pyridine rings is 1. The van der Waals surface area contributed by atoms with Crippen LogP contribution in [0.25, 0.3) is 22.6 Å². The van der Waals surface area contributed by atoms with Crippen molar-refractivity contribution < 1.29 is 19.1 Å². The molecule has 0 amide bonds. The predicted molar refractivity (Wildman–Crippen MR) is 150 cm³/mol. The second-order valence-electron chi connectivity index (χ2n) is 10.6. The lowest BCUT2D eigenvalue weighted by atomic mass is 9.86. The van der Waals surface area contributed by atoms with Gasteiger partial charge >= 0.3 is 11.9 Å². The molecule has 4 aromatic rings. The number of fused-ring (bicyclic) bond motifs is 2. The largest absolute Gasteiger partial charge is 0.465 e. The van der Waals surface area contributed by atoms with Crippen molar-refractivity contribution in [3.05, 3.63) is 112 Å². The highest BCUT2D eigenvalue weighted by Crippen LogP contribution is 2.38. The number of hydrogen-bond donors (Lipinski definition) is 0. The van der Waals surface area contributed by atoms with Gasteiger partial charge in [0.15, 0.2) is 0 Å². The molecule has 1 aliphatic rings. The van der Waals surface area contributed by atoms with E-state index >= 15 is 0 Å². The van der Waals surface area contributed by atoms with Crippen molar-refractivity contribution in [1.29, 1.82) is 0 Å². The Kier molecular flexibility index (Phi) is 6.85. The van der Waals surface area contributed by atoms with E-state index in [-0.39, 0.29) is 18.0 Å². The van der Waals surface area contributed by atoms with Gasteiger partial charge in [-0.25, -0.2) is 14.6 Å². The summed E-state index contributed by atoms with van der Waals surface area (Å²) in [7, 11) is 1.35. The zero-order valence-corrected chi connectivity index (χ0v) is 22.2. The Morgan fingerprint density at radius 3 is 2.29 bits per heavy atom. The number of allylic oxidation sites excluding steroid dienone is 1. The SMILES string of the molecule is COC(=O)c1ccc(COC(=O)c2c3c(nc4ccccc24)C(=Cc2ccc(C(C)(C)C)cc2)CC3)cc1. The van der Waals surface area contributed by atoms with Crippen LogP contribution in [0, 0.1) is 0 Å². The van der Waals surface area contributed by atoms with Crippen LogP contribution in [0.1, 0.15) is 75.9 Å². The standard InChI is InChI=1S/C33H31NO4/c1-33(2,3)25-16-11-21(12-17-25)19-24-15-18-27-29(26-7-5-6-8-28(26)34-30(24)27)32(36)38-20-22-9-13-23(14-10-22)31(35)37-4/h5-14,16-17,19H,15,18,20H2,1-4H3. The molecule has 3 aromatic carbocycles. The van der Waals surface area contributed by atoms with Gasteiger partial charge in [-0.3, -0.25) is 0 Å². The normalized spacial score (nSPS) is 13.9. The molecular formula is C33H31NO4. The van der Waals surface area contributed by atoms with Gasteiger partial charge in [0.1, 0.15) is 6.61 Å². The smallest absolute Gasteiger partial charge is 0.339 e. The van der Waals surface area contributed by atoms with Gasteiger partial charge in [0.05, 0.1) is 29.4 Å². The van der Waals surface area contributed by atoms with Crippen LogP contribution in [-0.2, 0) is 27.9 Å². The van der Waals surface area contributed by atoms with Gasteiger partial charge in [-0.1, -0.05) is 75.4 Å². The Bertz CT molecular complexity index is 1540. The van der Waals surface area contributed by atoms with E-state index in [9.17, 15) is 9.59 Å². The average Bonchev–Trinajstić information content (AvgIpc) is 3.31. The fourth-order valence-electron chi connectivity index (χ4n) is 4.87. The monoisotopic (exact) mass is 505 g/mol. The number of rotatable bonds is 5. The summed E-state index contributed by atoms with van der Waals surface area (Å²) in [6.45, 7) is 6.73. The molecule has 5 nitrogen and oxygen atoms in total. The molecule has 0 aliphatic heterocycles. The first kappa shape index (κ1) is 25.4. The zero-order valence-electron chi connectivity index (χ0n) is 22.2. The van der Waals surface area contributed by atoms with E-state index in [1.54, 1.807) is 24.3 Å². The summed E-state index contributed by atoms with van der Waals surface area (Å²) < 4.78 is 10.5. The Labute approximate surface area is 223 Å². The zero-order chi connectivity index (χ0) is 26.9. The summed E-state index contributed by atoms with van der Waals surface area (Å²) in [6.07, 6.45) is 3.73. The van der Waals surface area contributed by atoms with E-state index in [1.165, 1.54) is 12.7 Å². The quantitative estimate of drug-likeness (QED) is 0.269. The van der Waals surface area contributed by atoms with Crippen LogP contribution in [0.3, 0.4) is 0 Å². The molecule has 1 heterocycles. The maximum absolute atomic E-state index is 13.5. The lowest BCUT2D eigenvalue weighted by Crippen LogP contribution is -2.11. The first-order valence-corrected chi connectivity index (χ1v) is 12.8. The van der Waals surface area contributed by atoms with Crippen molar-refractivity contribution in [2.24, 2.45) is 0 Å². The van der Waals surface area contributed by atoms with E-state index < -0.39 is 5.97 Å². The summed E-state index contributed by atoms with van der Waals surface area (Å²) in [5.74, 6) is -0.769. The second kappa shape index (κ2) is 10.3. The van der Waals surface area contributed by atoms with Gasteiger partial charge in [-0.05, 0) is 70.4 Å². The molecule has 5 rings (SSSR count). The first-order chi connectivity index (χ1) is 18.2. The minimum atomic E-state index is -0.402. The van der Waals surface area contributed by atoms with E-state index in [0.717, 1.165) is 51.7 Å². The fraction of sp³-hybridized carbons (Fsp3) is 0.242. The van der Waals surface area contributed by atoms with Crippen LogP contribution in [-0.4, -0.2) is 24.0 Å². The molecule has 5 heteroatoms. The van der Waals surface area contributed by atoms with Crippen LogP contribution in [0.2, 0.25) is 0 Å². The van der Waals surface area contributed by atoms with Gasteiger partial charge in [-0.2, -0.15) is 0 Å². The number of esters is 2. The molecular weight excluding hydrogens is 474 g/mol. The Morgan fingerprint density at radius 1 is 0.895 bits per heavy atom. The summed E-state index contributed by atoms with van der Waals surface area (Å²) in [6, 6.07) is 23.2. The Morgan fingerprint density at radius 2 is 1.61 bits per heavy atom. The molecule has 192 valence electrons. The molecule has 1 aromatic heterocycles. The van der Waals surface area contributed by atoms with Gasteiger partial charge in [0.2, 0.25) is 0 Å². The summed E-state index contributed by atoms with van der Waals surface area (Å²) in [5.41, 5.74) is 8.06. The number of para-hydroxylation sites is 1. The molecule has 0 radical (unpaired) electrons. The number of ether oxygens (including phenoxy) is 2. The minimum Gasteiger partial charge on any atom is -0.465 e. The van der Waals surface area contributed by atoms with Crippen LogP contribution >= 0.6 is 0 Å². The number of benzene rings is 3. The van der Waals surface area contributed by atoms with Crippen molar-refractivity contribution in [2.45, 2.75) is 45.6 Å². The van der Waals surface area contributed by atoms with Crippen molar-refractivity contribution in [3.8, 4) is 0 Å². The van der Waals surface area contributed by atoms with Crippen molar-refractivity contribution in [3.63, 3.8) is 0 Å². The van der Waals surface area contributed by atoms with Crippen molar-refractivity contribution >= 4 is 34.5 Å². The molecule has 0 N–H and O–H groups in total. The highest BCUT2D eigenvalue weighted by Gasteiger charge is 2.27. The second-order valence-corrected chi connectivity index (χ2v) is 10.6. The van der Waals surface area contributed by atoms with Crippen molar-refractivity contribution in [2.75, 3.05) is 7.11 Å². The van der Waals surface area contributed by atoms with E-state index in [2.05, 4.69) is 51.1 Å². The van der Waals surface area contributed by atoms with Gasteiger partial charge in [-0.15, -0.1) is 0 Å². The predicted octanol–water partition coefficient (Wildman–Crippen LogP) is 7.16. The van der Waals surface area contributed by atoms with Crippen LogP contribution in [0.15, 0.2) is 72.8 Å². The summed E-state index contributed by atoms with van der Waals surface area (Å²) >= 11 is 0. The lowest BCUT2D eigenvalue weighted by molar-refractivity contribution is 0.0472. The molecule has 0 fully saturated rings. The number of aromatic nitrogens is 1. The molecule has 1 aliphatic carbocycles. The van der Waals surface area contributed by atoms with Crippen LogP contribution in [0.5, 0.6) is 0 Å². The van der Waals surface area contributed by atoms with Gasteiger partial charge in [0.25, 0.3) is 0 Å². The average molecular weight is 506 g/mol. The highest BCUT2D eigenvalue weighted by atomic mass is 16.5. The minimum absolute atomic E-state index is 0.102. The van der Waals surface area contributed by atoms with E-state index in [4.69, 9.17) is 14.5 Å². The number of nitrogens with zero attached hydrogens (tertiary/aromatic N) is 1. The molecule has 0 atom stereocenters. The Hall–Kier alpha value is -4.25. The summed E-state index contributed by atoms with van der Waals surface area (Å²) in [4.78, 5) is 30.1. The number of methoxy groups -OCH3 is 1. The maximum Gasteiger partial charge on any atom is 0.339 e. The number of carbonyl (C=O) groups excluding carboxylic acids is 2. The topological polar surface area (TPSA) is 65.5 Å². The van der Waals surface area contributed by atoms with Crippen LogP contribution < -0.4 is 0 Å². The Balaban J connectivity index is 1.45. The van der Waals surface area contributed by atoms with Gasteiger partial charge < -0.3 is 9.47 Å². The van der Waals surface area contributed by atoms with Gasteiger partial charge in [0, 0.05) is 5.39 Å².